The molecule has 0 spiro atoms. The first-order chi connectivity index (χ1) is 9.54. The van der Waals surface area contributed by atoms with Crippen LogP contribution in [0, 0.1) is 6.92 Å². The molecule has 2 aromatic rings. The number of aromatic nitrogens is 2. The highest BCUT2D eigenvalue weighted by Crippen LogP contribution is 2.14. The first kappa shape index (κ1) is 14.3. The van der Waals surface area contributed by atoms with E-state index in [1.54, 1.807) is 0 Å². The zero-order valence-electron chi connectivity index (χ0n) is 11.7. The highest BCUT2D eigenvalue weighted by atomic mass is 32.1. The van der Waals surface area contributed by atoms with Gasteiger partial charge < -0.3 is 10.2 Å². The third-order valence-electron chi connectivity index (χ3n) is 2.51. The number of anilines is 2. The molecule has 0 bridgehead atoms. The number of hydrogen-bond acceptors (Lipinski definition) is 5. The van der Waals surface area contributed by atoms with Gasteiger partial charge in [0.2, 0.25) is 0 Å². The fourth-order valence-electron chi connectivity index (χ4n) is 1.59. The minimum absolute atomic E-state index is 0.260. The summed E-state index contributed by atoms with van der Waals surface area (Å²) in [5, 5.41) is 8.20. The molecule has 0 radical (unpaired) electrons. The van der Waals surface area contributed by atoms with E-state index in [-0.39, 0.29) is 6.03 Å². The first-order valence-electron chi connectivity index (χ1n) is 6.15. The lowest BCUT2D eigenvalue weighted by Gasteiger charge is -2.13. The van der Waals surface area contributed by atoms with Crippen LogP contribution in [0.4, 0.5) is 15.6 Å². The third kappa shape index (κ3) is 3.92. The maximum absolute atomic E-state index is 11.7. The average Bonchev–Trinajstić information content (AvgIpc) is 2.88. The largest absolute Gasteiger partial charge is 0.363 e. The molecular formula is C13H17N5OS. The van der Waals surface area contributed by atoms with Gasteiger partial charge in [-0.15, -0.1) is 11.3 Å². The quantitative estimate of drug-likeness (QED) is 0.906. The number of nitrogens with one attached hydrogen (secondary N) is 2. The van der Waals surface area contributed by atoms with E-state index in [4.69, 9.17) is 0 Å². The van der Waals surface area contributed by atoms with Crippen molar-refractivity contribution in [2.75, 3.05) is 24.3 Å². The van der Waals surface area contributed by atoms with Crippen molar-refractivity contribution in [2.24, 2.45) is 0 Å². The van der Waals surface area contributed by atoms with Crippen molar-refractivity contribution in [1.29, 1.82) is 0 Å². The Morgan fingerprint density at radius 2 is 2.20 bits per heavy atom. The predicted octanol–water partition coefficient (Wildman–Crippen LogP) is 2.23. The molecular weight excluding hydrogens is 274 g/mol. The van der Waals surface area contributed by atoms with Crippen molar-refractivity contribution < 1.29 is 4.79 Å². The Hall–Kier alpha value is -2.15. The van der Waals surface area contributed by atoms with Gasteiger partial charge in [0, 0.05) is 25.9 Å². The Balaban J connectivity index is 1.95. The molecule has 2 rings (SSSR count). The molecule has 0 aliphatic heterocycles. The molecule has 2 amide bonds. The van der Waals surface area contributed by atoms with Crippen LogP contribution in [0.2, 0.25) is 0 Å². The number of carbonyl (C=O) groups is 1. The van der Waals surface area contributed by atoms with Crippen LogP contribution < -0.4 is 15.5 Å². The molecule has 20 heavy (non-hydrogen) atoms. The molecule has 7 heteroatoms. The van der Waals surface area contributed by atoms with E-state index in [1.807, 2.05) is 49.5 Å². The van der Waals surface area contributed by atoms with E-state index in [0.717, 1.165) is 16.5 Å². The number of thiophene rings is 1. The Labute approximate surface area is 121 Å². The number of aryl methyl sites for hydroxylation is 1. The van der Waals surface area contributed by atoms with Crippen LogP contribution in [0.15, 0.2) is 23.6 Å². The van der Waals surface area contributed by atoms with Crippen molar-refractivity contribution in [3.63, 3.8) is 0 Å². The van der Waals surface area contributed by atoms with Gasteiger partial charge >= 0.3 is 6.03 Å². The second-order valence-corrected chi connectivity index (χ2v) is 5.41. The Bertz CT molecular complexity index is 582. The second kappa shape index (κ2) is 6.33. The minimum Gasteiger partial charge on any atom is -0.363 e. The van der Waals surface area contributed by atoms with Gasteiger partial charge in [0.05, 0.1) is 11.5 Å². The van der Waals surface area contributed by atoms with Crippen LogP contribution in [0.5, 0.6) is 0 Å². The maximum Gasteiger partial charge on any atom is 0.320 e. The lowest BCUT2D eigenvalue weighted by molar-refractivity contribution is 0.251. The van der Waals surface area contributed by atoms with Crippen LogP contribution in [0.25, 0.3) is 0 Å². The van der Waals surface area contributed by atoms with E-state index >= 15 is 0 Å². The normalized spacial score (nSPS) is 10.2. The second-order valence-electron chi connectivity index (χ2n) is 4.46. The van der Waals surface area contributed by atoms with Crippen LogP contribution in [-0.4, -0.2) is 30.1 Å². The summed E-state index contributed by atoms with van der Waals surface area (Å²) in [6.07, 6.45) is 0. The summed E-state index contributed by atoms with van der Waals surface area (Å²) in [6, 6.07) is 5.36. The van der Waals surface area contributed by atoms with Crippen LogP contribution in [0.3, 0.4) is 0 Å². The van der Waals surface area contributed by atoms with E-state index in [1.165, 1.54) is 11.3 Å². The van der Waals surface area contributed by atoms with E-state index in [2.05, 4.69) is 20.6 Å². The van der Waals surface area contributed by atoms with Gasteiger partial charge in [0.25, 0.3) is 0 Å². The minimum atomic E-state index is -0.260. The number of amides is 2. The number of nitrogens with zero attached hydrogens (tertiary/aromatic N) is 3. The summed E-state index contributed by atoms with van der Waals surface area (Å²) in [6.45, 7) is 2.20. The van der Waals surface area contributed by atoms with Gasteiger partial charge in [0.15, 0.2) is 0 Å². The zero-order valence-corrected chi connectivity index (χ0v) is 12.5. The van der Waals surface area contributed by atoms with Crippen LogP contribution in [0.1, 0.15) is 11.5 Å². The summed E-state index contributed by atoms with van der Waals surface area (Å²) < 4.78 is 0. The molecule has 0 atom stereocenters. The van der Waals surface area contributed by atoms with Gasteiger partial charge in [-0.05, 0) is 24.4 Å². The molecule has 2 aromatic heterocycles. The summed E-state index contributed by atoms with van der Waals surface area (Å²) in [5.41, 5.74) is 0.874. The predicted molar refractivity (Wildman–Crippen MR) is 81.3 cm³/mol. The van der Waals surface area contributed by atoms with Gasteiger partial charge in [-0.25, -0.2) is 14.8 Å². The van der Waals surface area contributed by atoms with Gasteiger partial charge in [-0.3, -0.25) is 5.32 Å². The average molecular weight is 291 g/mol. The molecule has 6 nitrogen and oxygen atoms in total. The fourth-order valence-corrected chi connectivity index (χ4v) is 2.20. The molecule has 0 aromatic carbocycles. The molecule has 106 valence electrons. The molecule has 2 N–H and O–H groups in total. The summed E-state index contributed by atoms with van der Waals surface area (Å²) in [5.74, 6) is 1.42. The Morgan fingerprint density at radius 1 is 1.40 bits per heavy atom. The molecule has 2 heterocycles. The van der Waals surface area contributed by atoms with Crippen LogP contribution >= 0.6 is 11.3 Å². The van der Waals surface area contributed by atoms with Crippen LogP contribution in [-0.2, 0) is 6.54 Å². The zero-order chi connectivity index (χ0) is 14.5. The molecule has 0 aliphatic carbocycles. The third-order valence-corrected chi connectivity index (χ3v) is 3.30. The molecule has 0 saturated heterocycles. The number of rotatable bonds is 4. The molecule has 0 unspecified atom stereocenters. The smallest absolute Gasteiger partial charge is 0.320 e. The standard InChI is InChI=1S/C13H17N5OS/c1-9-7-11(18(2)3)16-10(15-9)8-14-13(19)17-12-5-4-6-20-12/h4-7H,8H2,1-3H3,(H2,14,17,19). The van der Waals surface area contributed by atoms with Crippen molar-refractivity contribution >= 4 is 28.2 Å². The van der Waals surface area contributed by atoms with E-state index in [9.17, 15) is 4.79 Å². The first-order valence-corrected chi connectivity index (χ1v) is 7.03. The van der Waals surface area contributed by atoms with E-state index in [0.29, 0.717) is 12.4 Å². The molecule has 0 saturated carbocycles. The Morgan fingerprint density at radius 3 is 2.85 bits per heavy atom. The molecule has 0 fully saturated rings. The van der Waals surface area contributed by atoms with Gasteiger partial charge in [-0.2, -0.15) is 0 Å². The molecule has 0 aliphatic rings. The topological polar surface area (TPSA) is 70.2 Å². The SMILES string of the molecule is Cc1cc(N(C)C)nc(CNC(=O)Nc2cccs2)n1. The van der Waals surface area contributed by atoms with Crippen molar-refractivity contribution in [1.82, 2.24) is 15.3 Å². The summed E-state index contributed by atoms with van der Waals surface area (Å²) in [7, 11) is 3.84. The number of carbonyl (C=O) groups excluding carboxylic acids is 1. The van der Waals surface area contributed by atoms with E-state index < -0.39 is 0 Å². The highest BCUT2D eigenvalue weighted by molar-refractivity contribution is 7.14. The van der Waals surface area contributed by atoms with Gasteiger partial charge in [0.1, 0.15) is 11.6 Å². The number of hydrogen-bond donors (Lipinski definition) is 2. The monoisotopic (exact) mass is 291 g/mol. The van der Waals surface area contributed by atoms with Crippen molar-refractivity contribution in [2.45, 2.75) is 13.5 Å². The lowest BCUT2D eigenvalue weighted by Crippen LogP contribution is -2.29. The highest BCUT2D eigenvalue weighted by Gasteiger charge is 2.06. The lowest BCUT2D eigenvalue weighted by atomic mass is 10.4. The Kier molecular flexibility index (Phi) is 4.52. The number of urea groups is 1. The summed E-state index contributed by atoms with van der Waals surface area (Å²) >= 11 is 1.47. The maximum atomic E-state index is 11.7. The summed E-state index contributed by atoms with van der Waals surface area (Å²) in [4.78, 5) is 22.3. The van der Waals surface area contributed by atoms with Gasteiger partial charge in [-0.1, -0.05) is 0 Å². The fraction of sp³-hybridized carbons (Fsp3) is 0.308. The van der Waals surface area contributed by atoms with Crippen molar-refractivity contribution in [3.05, 3.63) is 35.1 Å². The van der Waals surface area contributed by atoms with Crippen molar-refractivity contribution in [3.8, 4) is 0 Å².